The van der Waals surface area contributed by atoms with E-state index in [1.807, 2.05) is 18.2 Å². The van der Waals surface area contributed by atoms with Gasteiger partial charge in [0.1, 0.15) is 23.5 Å². The SMILES string of the molecule is COc1cc([C@@H](C[N+](=O)[O-])Sc2nnc(C)n2-c2ccc(F)cc2)cc(Br)c1OCc1ccccc1Cl. The predicted molar refractivity (Wildman–Crippen MR) is 143 cm³/mol. The zero-order chi connectivity index (χ0) is 26.5. The number of nitro groups is 1. The van der Waals surface area contributed by atoms with Crippen molar-refractivity contribution in [2.45, 2.75) is 23.9 Å². The number of aromatic nitrogens is 3. The van der Waals surface area contributed by atoms with Crippen LogP contribution in [0.5, 0.6) is 11.5 Å². The van der Waals surface area contributed by atoms with E-state index in [1.165, 1.54) is 31.0 Å². The number of methoxy groups -OCH3 is 1. The molecule has 0 fully saturated rings. The van der Waals surface area contributed by atoms with Gasteiger partial charge in [-0.25, -0.2) is 4.39 Å². The average molecular weight is 608 g/mol. The third-order valence-corrected chi connectivity index (χ3v) is 7.53. The van der Waals surface area contributed by atoms with Crippen LogP contribution in [-0.4, -0.2) is 33.3 Å². The summed E-state index contributed by atoms with van der Waals surface area (Å²) in [6.45, 7) is 1.59. The van der Waals surface area contributed by atoms with E-state index >= 15 is 0 Å². The second-order valence-electron chi connectivity index (χ2n) is 7.88. The van der Waals surface area contributed by atoms with Crippen LogP contribution in [0.15, 0.2) is 70.3 Å². The summed E-state index contributed by atoms with van der Waals surface area (Å²) in [4.78, 5) is 11.2. The largest absolute Gasteiger partial charge is 0.493 e. The summed E-state index contributed by atoms with van der Waals surface area (Å²) in [5, 5.41) is 20.3. The molecule has 0 N–H and O–H groups in total. The van der Waals surface area contributed by atoms with Crippen LogP contribution in [0.2, 0.25) is 5.02 Å². The molecule has 0 amide bonds. The van der Waals surface area contributed by atoms with E-state index in [0.717, 1.165) is 5.56 Å². The van der Waals surface area contributed by atoms with E-state index < -0.39 is 5.25 Å². The number of ether oxygens (including phenoxy) is 2. The number of thioether (sulfide) groups is 1. The van der Waals surface area contributed by atoms with Gasteiger partial charge in [0, 0.05) is 21.2 Å². The summed E-state index contributed by atoms with van der Waals surface area (Å²) < 4.78 is 27.3. The van der Waals surface area contributed by atoms with Crippen LogP contribution in [0, 0.1) is 22.9 Å². The van der Waals surface area contributed by atoms with Gasteiger partial charge in [-0.3, -0.25) is 14.7 Å². The molecule has 37 heavy (non-hydrogen) atoms. The topological polar surface area (TPSA) is 92.3 Å². The fourth-order valence-electron chi connectivity index (χ4n) is 3.61. The maximum absolute atomic E-state index is 13.5. The van der Waals surface area contributed by atoms with E-state index in [9.17, 15) is 14.5 Å². The zero-order valence-electron chi connectivity index (χ0n) is 19.7. The Kier molecular flexibility index (Phi) is 8.67. The molecule has 0 aliphatic carbocycles. The van der Waals surface area contributed by atoms with Crippen molar-refractivity contribution < 1.29 is 18.8 Å². The van der Waals surface area contributed by atoms with Gasteiger partial charge in [-0.2, -0.15) is 0 Å². The number of hydrogen-bond donors (Lipinski definition) is 0. The monoisotopic (exact) mass is 606 g/mol. The average Bonchev–Trinajstić information content (AvgIpc) is 3.23. The molecule has 0 aliphatic heterocycles. The van der Waals surface area contributed by atoms with Crippen molar-refractivity contribution in [2.75, 3.05) is 13.7 Å². The number of rotatable bonds is 10. The first-order valence-corrected chi connectivity index (χ1v) is 13.0. The van der Waals surface area contributed by atoms with Crippen LogP contribution >= 0.6 is 39.3 Å². The molecule has 1 aromatic heterocycles. The number of hydrogen-bond acceptors (Lipinski definition) is 7. The maximum atomic E-state index is 13.5. The molecule has 0 unspecified atom stereocenters. The van der Waals surface area contributed by atoms with Crippen molar-refractivity contribution in [1.82, 2.24) is 14.8 Å². The van der Waals surface area contributed by atoms with Crippen molar-refractivity contribution in [2.24, 2.45) is 0 Å². The van der Waals surface area contributed by atoms with Crippen molar-refractivity contribution in [3.63, 3.8) is 0 Å². The van der Waals surface area contributed by atoms with Gasteiger partial charge in [0.15, 0.2) is 16.7 Å². The molecular weight excluding hydrogens is 587 g/mol. The first kappa shape index (κ1) is 26.9. The van der Waals surface area contributed by atoms with Gasteiger partial charge in [-0.05, 0) is 70.9 Å². The third-order valence-electron chi connectivity index (χ3n) is 5.40. The van der Waals surface area contributed by atoms with Crippen molar-refractivity contribution >= 4 is 39.3 Å². The normalized spacial score (nSPS) is 11.8. The highest BCUT2D eigenvalue weighted by molar-refractivity contribution is 9.10. The summed E-state index contributed by atoms with van der Waals surface area (Å²) in [6, 6.07) is 16.7. The second-order valence-corrected chi connectivity index (χ2v) is 10.3. The maximum Gasteiger partial charge on any atom is 0.220 e. The summed E-state index contributed by atoms with van der Waals surface area (Å²) in [5.74, 6) is 1.04. The predicted octanol–water partition coefficient (Wildman–Crippen LogP) is 6.83. The van der Waals surface area contributed by atoms with Crippen LogP contribution in [0.4, 0.5) is 4.39 Å². The van der Waals surface area contributed by atoms with Gasteiger partial charge in [0.05, 0.1) is 11.6 Å². The molecule has 0 aliphatic rings. The quantitative estimate of drug-likeness (QED) is 0.111. The van der Waals surface area contributed by atoms with Crippen LogP contribution in [0.1, 0.15) is 22.2 Å². The smallest absolute Gasteiger partial charge is 0.220 e. The minimum absolute atomic E-state index is 0.209. The van der Waals surface area contributed by atoms with Crippen LogP contribution in [0.25, 0.3) is 5.69 Å². The Morgan fingerprint density at radius 2 is 1.92 bits per heavy atom. The number of halogens is 3. The van der Waals surface area contributed by atoms with E-state index in [1.54, 1.807) is 41.8 Å². The van der Waals surface area contributed by atoms with Crippen molar-refractivity contribution in [3.05, 3.63) is 103 Å². The molecule has 0 bridgehead atoms. The fourth-order valence-corrected chi connectivity index (χ4v) is 5.53. The molecule has 1 atom stereocenters. The van der Waals surface area contributed by atoms with Gasteiger partial charge in [-0.1, -0.05) is 41.6 Å². The highest BCUT2D eigenvalue weighted by Gasteiger charge is 2.26. The lowest BCUT2D eigenvalue weighted by molar-refractivity contribution is -0.479. The third kappa shape index (κ3) is 6.41. The first-order chi connectivity index (χ1) is 17.8. The van der Waals surface area contributed by atoms with Gasteiger partial charge in [0.2, 0.25) is 6.54 Å². The Morgan fingerprint density at radius 3 is 2.59 bits per heavy atom. The van der Waals surface area contributed by atoms with E-state index in [4.69, 9.17) is 21.1 Å². The lowest BCUT2D eigenvalue weighted by atomic mass is 10.1. The second kappa shape index (κ2) is 11.9. The number of nitrogens with zero attached hydrogens (tertiary/aromatic N) is 4. The molecule has 3 aromatic carbocycles. The highest BCUT2D eigenvalue weighted by Crippen LogP contribution is 2.43. The standard InChI is InChI=1S/C25H21BrClFN4O4S/c1-15-29-30-25(32(15)19-9-7-18(28)8-10-19)37-23(13-31(33)34)17-11-20(26)24(22(12-17)35-2)36-14-16-5-3-4-6-21(16)27/h3-12,23H,13-14H2,1-2H3/t23-/m1/s1. The van der Waals surface area contributed by atoms with E-state index in [0.29, 0.717) is 43.2 Å². The molecule has 0 saturated carbocycles. The van der Waals surface area contributed by atoms with Crippen molar-refractivity contribution in [1.29, 1.82) is 0 Å². The molecule has 192 valence electrons. The Morgan fingerprint density at radius 1 is 1.19 bits per heavy atom. The Bertz CT molecular complexity index is 1420. The Labute approximate surface area is 230 Å². The lowest BCUT2D eigenvalue weighted by Gasteiger charge is -2.18. The summed E-state index contributed by atoms with van der Waals surface area (Å²) in [6.07, 6.45) is 0. The molecule has 0 spiro atoms. The summed E-state index contributed by atoms with van der Waals surface area (Å²) in [7, 11) is 1.50. The van der Waals surface area contributed by atoms with Crippen LogP contribution in [0.3, 0.4) is 0 Å². The molecule has 1 heterocycles. The van der Waals surface area contributed by atoms with Crippen LogP contribution < -0.4 is 9.47 Å². The molecule has 8 nitrogen and oxygen atoms in total. The molecule has 4 rings (SSSR count). The molecule has 12 heteroatoms. The Hall–Kier alpha value is -3.15. The fraction of sp³-hybridized carbons (Fsp3) is 0.200. The summed E-state index contributed by atoms with van der Waals surface area (Å²) in [5.41, 5.74) is 2.08. The van der Waals surface area contributed by atoms with Crippen LogP contribution in [-0.2, 0) is 6.61 Å². The molecule has 0 saturated heterocycles. The van der Waals surface area contributed by atoms with Gasteiger partial charge in [0.25, 0.3) is 0 Å². The molecule has 4 aromatic rings. The van der Waals surface area contributed by atoms with Gasteiger partial charge >= 0.3 is 0 Å². The zero-order valence-corrected chi connectivity index (χ0v) is 22.9. The molecule has 0 radical (unpaired) electrons. The minimum atomic E-state index is -0.638. The lowest BCUT2D eigenvalue weighted by Crippen LogP contribution is -2.12. The minimum Gasteiger partial charge on any atom is -0.493 e. The van der Waals surface area contributed by atoms with Crippen molar-refractivity contribution in [3.8, 4) is 17.2 Å². The van der Waals surface area contributed by atoms with E-state index in [2.05, 4.69) is 26.1 Å². The molecular formula is C25H21BrClFN4O4S. The Balaban J connectivity index is 1.66. The highest BCUT2D eigenvalue weighted by atomic mass is 79.9. The first-order valence-electron chi connectivity index (χ1n) is 11.0. The van der Waals surface area contributed by atoms with E-state index in [-0.39, 0.29) is 23.9 Å². The summed E-state index contributed by atoms with van der Waals surface area (Å²) >= 11 is 11.0. The number of aryl methyl sites for hydroxylation is 1. The van der Waals surface area contributed by atoms with Gasteiger partial charge in [-0.15, -0.1) is 10.2 Å². The van der Waals surface area contributed by atoms with Gasteiger partial charge < -0.3 is 9.47 Å². The number of benzene rings is 3.